The van der Waals surface area contributed by atoms with E-state index < -0.39 is 30.3 Å². The van der Waals surface area contributed by atoms with Crippen LogP contribution in [0, 0.1) is 12.8 Å². The number of nitrogens with zero attached hydrogens (tertiary/aromatic N) is 2. The van der Waals surface area contributed by atoms with Crippen LogP contribution < -0.4 is 5.32 Å². The maximum atomic E-state index is 12.2. The molecule has 24 heavy (non-hydrogen) atoms. The summed E-state index contributed by atoms with van der Waals surface area (Å²) in [7, 11) is 0. The molecule has 1 aliphatic rings. The average Bonchev–Trinajstić information content (AvgIpc) is 2.67. The number of nitrogens with one attached hydrogen (secondary N) is 1. The zero-order chi connectivity index (χ0) is 18.0. The highest BCUT2D eigenvalue weighted by Gasteiger charge is 2.45. The lowest BCUT2D eigenvalue weighted by Gasteiger charge is -2.17. The van der Waals surface area contributed by atoms with Crippen LogP contribution in [0.3, 0.4) is 0 Å². The van der Waals surface area contributed by atoms with Gasteiger partial charge in [-0.3, -0.25) is 19.3 Å². The van der Waals surface area contributed by atoms with E-state index >= 15 is 0 Å². The number of imide groups is 2. The number of hydrogen-bond acceptors (Lipinski definition) is 4. The highest BCUT2D eigenvalue weighted by Crippen LogP contribution is 2.20. The van der Waals surface area contributed by atoms with Gasteiger partial charge in [0, 0.05) is 16.7 Å². The molecular formula is C16H18BrN3O4. The molecule has 1 N–H and O–H groups in total. The first kappa shape index (κ1) is 18.1. The van der Waals surface area contributed by atoms with Crippen molar-refractivity contribution >= 4 is 45.4 Å². The van der Waals surface area contributed by atoms with E-state index in [2.05, 4.69) is 21.2 Å². The lowest BCUT2D eigenvalue weighted by Crippen LogP contribution is -2.39. The monoisotopic (exact) mass is 395 g/mol. The highest BCUT2D eigenvalue weighted by atomic mass is 79.9. The number of carbonyl (C=O) groups is 4. The molecular weight excluding hydrogens is 378 g/mol. The van der Waals surface area contributed by atoms with Crippen LogP contribution in [0.5, 0.6) is 0 Å². The van der Waals surface area contributed by atoms with Crippen molar-refractivity contribution in [3.05, 3.63) is 28.2 Å². The summed E-state index contributed by atoms with van der Waals surface area (Å²) >= 11 is 3.33. The number of halogens is 1. The minimum absolute atomic E-state index is 0.0323. The molecule has 0 saturated carbocycles. The Bertz CT molecular complexity index is 717. The lowest BCUT2D eigenvalue weighted by atomic mass is 10.2. The minimum Gasteiger partial charge on any atom is -0.324 e. The van der Waals surface area contributed by atoms with E-state index in [1.807, 2.05) is 26.8 Å². The number of benzene rings is 1. The molecule has 1 saturated heterocycles. The Morgan fingerprint density at radius 2 is 1.79 bits per heavy atom. The van der Waals surface area contributed by atoms with Crippen molar-refractivity contribution in [2.75, 3.05) is 18.4 Å². The largest absolute Gasteiger partial charge is 0.334 e. The Morgan fingerprint density at radius 3 is 2.38 bits per heavy atom. The molecule has 0 unspecified atom stereocenters. The van der Waals surface area contributed by atoms with E-state index in [4.69, 9.17) is 0 Å². The van der Waals surface area contributed by atoms with Gasteiger partial charge in [0.2, 0.25) is 5.91 Å². The summed E-state index contributed by atoms with van der Waals surface area (Å²) in [6.07, 6.45) is 0. The Labute approximate surface area is 148 Å². The third-order valence-electron chi connectivity index (χ3n) is 3.45. The molecule has 0 radical (unpaired) electrons. The van der Waals surface area contributed by atoms with Crippen LogP contribution in [0.1, 0.15) is 19.4 Å². The molecule has 0 bridgehead atoms. The van der Waals surface area contributed by atoms with Crippen LogP contribution in [0.25, 0.3) is 0 Å². The predicted molar refractivity (Wildman–Crippen MR) is 91.2 cm³/mol. The Hall–Kier alpha value is -2.22. The summed E-state index contributed by atoms with van der Waals surface area (Å²) in [6.45, 7) is 5.13. The molecule has 8 heteroatoms. The van der Waals surface area contributed by atoms with Crippen LogP contribution in [0.4, 0.5) is 10.5 Å². The van der Waals surface area contributed by atoms with E-state index in [0.29, 0.717) is 10.6 Å². The third-order valence-corrected chi connectivity index (χ3v) is 3.94. The van der Waals surface area contributed by atoms with E-state index in [-0.39, 0.29) is 12.5 Å². The van der Waals surface area contributed by atoms with Gasteiger partial charge >= 0.3 is 17.8 Å². The van der Waals surface area contributed by atoms with Gasteiger partial charge in [0.25, 0.3) is 0 Å². The number of hydrogen-bond donors (Lipinski definition) is 1. The quantitative estimate of drug-likeness (QED) is 0.611. The molecule has 0 aliphatic carbocycles. The fraction of sp³-hybridized carbons (Fsp3) is 0.375. The van der Waals surface area contributed by atoms with Crippen LogP contribution >= 0.6 is 15.9 Å². The van der Waals surface area contributed by atoms with Crippen molar-refractivity contribution in [2.24, 2.45) is 5.92 Å². The van der Waals surface area contributed by atoms with Gasteiger partial charge in [-0.2, -0.15) is 0 Å². The van der Waals surface area contributed by atoms with Crippen molar-refractivity contribution < 1.29 is 19.2 Å². The topological polar surface area (TPSA) is 86.8 Å². The summed E-state index contributed by atoms with van der Waals surface area (Å²) in [4.78, 5) is 49.7. The molecule has 1 aromatic carbocycles. The van der Waals surface area contributed by atoms with Crippen molar-refractivity contribution in [3.63, 3.8) is 0 Å². The molecule has 1 fully saturated rings. The molecule has 7 nitrogen and oxygen atoms in total. The first-order valence-corrected chi connectivity index (χ1v) is 8.23. The van der Waals surface area contributed by atoms with E-state index in [9.17, 15) is 19.2 Å². The maximum absolute atomic E-state index is 12.2. The summed E-state index contributed by atoms with van der Waals surface area (Å²) in [5.74, 6) is -2.36. The SMILES string of the molecule is Cc1cc(Br)ccc1NC(=O)CN1C(=O)C(=O)N(CC(C)C)C1=O. The summed E-state index contributed by atoms with van der Waals surface area (Å²) < 4.78 is 0.873. The average molecular weight is 396 g/mol. The second kappa shape index (κ2) is 7.12. The minimum atomic E-state index is -0.969. The Balaban J connectivity index is 2.07. The first-order valence-electron chi connectivity index (χ1n) is 7.44. The predicted octanol–water partition coefficient (Wildman–Crippen LogP) is 2.14. The number of rotatable bonds is 5. The van der Waals surface area contributed by atoms with Gasteiger partial charge in [0.05, 0.1) is 0 Å². The van der Waals surface area contributed by atoms with Gasteiger partial charge in [-0.1, -0.05) is 29.8 Å². The number of aryl methyl sites for hydroxylation is 1. The highest BCUT2D eigenvalue weighted by molar-refractivity contribution is 9.10. The van der Waals surface area contributed by atoms with Gasteiger partial charge in [-0.15, -0.1) is 0 Å². The summed E-state index contributed by atoms with van der Waals surface area (Å²) in [6, 6.07) is 4.56. The molecule has 128 valence electrons. The lowest BCUT2D eigenvalue weighted by molar-refractivity contribution is -0.143. The molecule has 0 atom stereocenters. The van der Waals surface area contributed by atoms with Crippen LogP contribution in [0.15, 0.2) is 22.7 Å². The Kier molecular flexibility index (Phi) is 5.38. The molecule has 1 aromatic rings. The summed E-state index contributed by atoms with van der Waals surface area (Å²) in [5.41, 5.74) is 1.40. The van der Waals surface area contributed by atoms with Crippen molar-refractivity contribution in [3.8, 4) is 0 Å². The number of urea groups is 1. The normalized spacial score (nSPS) is 14.8. The molecule has 5 amide bonds. The fourth-order valence-corrected chi connectivity index (χ4v) is 2.79. The van der Waals surface area contributed by atoms with Crippen LogP contribution in [-0.4, -0.2) is 46.6 Å². The fourth-order valence-electron chi connectivity index (χ4n) is 2.32. The second-order valence-electron chi connectivity index (χ2n) is 5.99. The summed E-state index contributed by atoms with van der Waals surface area (Å²) in [5, 5.41) is 2.64. The van der Waals surface area contributed by atoms with Gasteiger partial charge in [-0.25, -0.2) is 9.69 Å². The van der Waals surface area contributed by atoms with Crippen molar-refractivity contribution in [1.29, 1.82) is 0 Å². The maximum Gasteiger partial charge on any atom is 0.334 e. The first-order chi connectivity index (χ1) is 11.2. The standard InChI is InChI=1S/C16H18BrN3O4/c1-9(2)7-19-14(22)15(23)20(16(19)24)8-13(21)18-12-5-4-11(17)6-10(12)3/h4-6,9H,7-8H2,1-3H3,(H,18,21). The van der Waals surface area contributed by atoms with E-state index in [1.165, 1.54) is 0 Å². The molecule has 1 aliphatic heterocycles. The van der Waals surface area contributed by atoms with Gasteiger partial charge in [0.15, 0.2) is 0 Å². The number of amides is 5. The van der Waals surface area contributed by atoms with E-state index in [0.717, 1.165) is 14.9 Å². The van der Waals surface area contributed by atoms with Crippen LogP contribution in [-0.2, 0) is 14.4 Å². The van der Waals surface area contributed by atoms with E-state index in [1.54, 1.807) is 12.1 Å². The zero-order valence-corrected chi connectivity index (χ0v) is 15.2. The molecule has 0 aromatic heterocycles. The number of carbonyl (C=O) groups excluding carboxylic acids is 4. The van der Waals surface area contributed by atoms with Gasteiger partial charge in [0.1, 0.15) is 6.54 Å². The van der Waals surface area contributed by atoms with Crippen molar-refractivity contribution in [2.45, 2.75) is 20.8 Å². The zero-order valence-electron chi connectivity index (χ0n) is 13.6. The molecule has 0 spiro atoms. The second-order valence-corrected chi connectivity index (χ2v) is 6.91. The molecule has 2 rings (SSSR count). The Morgan fingerprint density at radius 1 is 1.17 bits per heavy atom. The smallest absolute Gasteiger partial charge is 0.324 e. The third kappa shape index (κ3) is 3.81. The van der Waals surface area contributed by atoms with Crippen LogP contribution in [0.2, 0.25) is 0 Å². The van der Waals surface area contributed by atoms with Crippen molar-refractivity contribution in [1.82, 2.24) is 9.80 Å². The number of anilines is 1. The van der Waals surface area contributed by atoms with Gasteiger partial charge < -0.3 is 5.32 Å². The molecule has 1 heterocycles. The van der Waals surface area contributed by atoms with Gasteiger partial charge in [-0.05, 0) is 36.6 Å².